The fourth-order valence-electron chi connectivity index (χ4n) is 1.68. The second-order valence-electron chi connectivity index (χ2n) is 4.63. The van der Waals surface area contributed by atoms with Crippen molar-refractivity contribution in [3.05, 3.63) is 48.3 Å². The molecule has 0 radical (unpaired) electrons. The quantitative estimate of drug-likeness (QED) is 0.647. The molecule has 1 aromatic carbocycles. The molecular weight excluding hydrogens is 238 g/mol. The lowest BCUT2D eigenvalue weighted by Crippen LogP contribution is -2.36. The minimum Gasteiger partial charge on any atom is -0.370 e. The van der Waals surface area contributed by atoms with Gasteiger partial charge in [-0.3, -0.25) is 0 Å². The maximum Gasteiger partial charge on any atom is 0.189 e. The predicted molar refractivity (Wildman–Crippen MR) is 77.2 cm³/mol. The average molecular weight is 257 g/mol. The number of hydrogen-bond acceptors (Lipinski definition) is 2. The molecule has 0 fully saturated rings. The number of nitrogens with two attached hydrogens (primary N) is 1. The maximum absolute atomic E-state index is 5.75. The van der Waals surface area contributed by atoms with E-state index < -0.39 is 0 Å². The summed E-state index contributed by atoms with van der Waals surface area (Å²) in [6.07, 6.45) is 3.76. The zero-order chi connectivity index (χ0) is 13.7. The van der Waals surface area contributed by atoms with Crippen LogP contribution < -0.4 is 11.1 Å². The Morgan fingerprint density at radius 1 is 1.37 bits per heavy atom. The van der Waals surface area contributed by atoms with Gasteiger partial charge in [-0.15, -0.1) is 0 Å². The largest absolute Gasteiger partial charge is 0.370 e. The molecule has 0 unspecified atom stereocenters. The summed E-state index contributed by atoms with van der Waals surface area (Å²) in [5, 5.41) is 7.36. The highest BCUT2D eigenvalue weighted by molar-refractivity contribution is 5.78. The highest BCUT2D eigenvalue weighted by Crippen LogP contribution is 2.08. The lowest BCUT2D eigenvalue weighted by molar-refractivity contribution is 0.723. The first-order chi connectivity index (χ1) is 9.15. The van der Waals surface area contributed by atoms with E-state index in [1.165, 1.54) is 0 Å². The number of benzene rings is 1. The fourth-order valence-corrected chi connectivity index (χ4v) is 1.68. The van der Waals surface area contributed by atoms with Crippen molar-refractivity contribution >= 4 is 5.96 Å². The topological polar surface area (TPSA) is 68.2 Å². The average Bonchev–Trinajstić information content (AvgIpc) is 2.85. The van der Waals surface area contributed by atoms with Crippen molar-refractivity contribution in [1.82, 2.24) is 15.1 Å². The van der Waals surface area contributed by atoms with Crippen molar-refractivity contribution in [2.75, 3.05) is 0 Å². The summed E-state index contributed by atoms with van der Waals surface area (Å²) in [5.41, 5.74) is 7.81. The molecule has 5 heteroatoms. The van der Waals surface area contributed by atoms with Gasteiger partial charge in [0, 0.05) is 17.8 Å². The Labute approximate surface area is 113 Å². The van der Waals surface area contributed by atoms with Gasteiger partial charge in [0.25, 0.3) is 0 Å². The Bertz CT molecular complexity index is 542. The van der Waals surface area contributed by atoms with E-state index in [-0.39, 0.29) is 6.04 Å². The molecule has 0 atom stereocenters. The molecular formula is C14H19N5. The SMILES string of the molecule is CC(C)NC(N)=NCc1cnn(-c2ccccc2)c1. The van der Waals surface area contributed by atoms with Crippen LogP contribution in [-0.2, 0) is 6.54 Å². The van der Waals surface area contributed by atoms with Gasteiger partial charge in [0.15, 0.2) is 5.96 Å². The van der Waals surface area contributed by atoms with Crippen molar-refractivity contribution < 1.29 is 0 Å². The molecule has 2 aromatic rings. The van der Waals surface area contributed by atoms with Crippen molar-refractivity contribution in [1.29, 1.82) is 0 Å². The Hall–Kier alpha value is -2.30. The molecule has 100 valence electrons. The summed E-state index contributed by atoms with van der Waals surface area (Å²) in [5.74, 6) is 0.461. The Morgan fingerprint density at radius 3 is 2.79 bits per heavy atom. The standard InChI is InChI=1S/C14H19N5/c1-11(2)18-14(15)16-8-12-9-17-19(10-12)13-6-4-3-5-7-13/h3-7,9-11H,8H2,1-2H3,(H3,15,16,18). The van der Waals surface area contributed by atoms with Crippen LogP contribution in [0.5, 0.6) is 0 Å². The second-order valence-corrected chi connectivity index (χ2v) is 4.63. The number of aliphatic imine (C=N–C) groups is 1. The lowest BCUT2D eigenvalue weighted by Gasteiger charge is -2.07. The molecule has 1 aromatic heterocycles. The molecule has 3 N–H and O–H groups in total. The van der Waals surface area contributed by atoms with Crippen LogP contribution in [0.2, 0.25) is 0 Å². The summed E-state index contributed by atoms with van der Waals surface area (Å²) in [4.78, 5) is 4.27. The number of aromatic nitrogens is 2. The van der Waals surface area contributed by atoms with Crippen LogP contribution in [0.25, 0.3) is 5.69 Å². The third-order valence-corrected chi connectivity index (χ3v) is 2.53. The monoisotopic (exact) mass is 257 g/mol. The summed E-state index contributed by atoms with van der Waals surface area (Å²) < 4.78 is 1.83. The first-order valence-electron chi connectivity index (χ1n) is 6.30. The van der Waals surface area contributed by atoms with Crippen LogP contribution >= 0.6 is 0 Å². The third kappa shape index (κ3) is 3.84. The highest BCUT2D eigenvalue weighted by atomic mass is 15.3. The second kappa shape index (κ2) is 6.04. The van der Waals surface area contributed by atoms with E-state index in [2.05, 4.69) is 15.4 Å². The molecule has 1 heterocycles. The van der Waals surface area contributed by atoms with Gasteiger partial charge in [-0.05, 0) is 26.0 Å². The maximum atomic E-state index is 5.75. The van der Waals surface area contributed by atoms with E-state index in [9.17, 15) is 0 Å². The minimum absolute atomic E-state index is 0.288. The third-order valence-electron chi connectivity index (χ3n) is 2.53. The zero-order valence-corrected chi connectivity index (χ0v) is 11.2. The molecule has 2 rings (SSSR count). The number of hydrogen-bond donors (Lipinski definition) is 2. The van der Waals surface area contributed by atoms with Gasteiger partial charge < -0.3 is 11.1 Å². The minimum atomic E-state index is 0.288. The van der Waals surface area contributed by atoms with Gasteiger partial charge in [-0.1, -0.05) is 18.2 Å². The number of rotatable bonds is 4. The Kier molecular flexibility index (Phi) is 4.18. The Balaban J connectivity index is 2.02. The summed E-state index contributed by atoms with van der Waals surface area (Å²) >= 11 is 0. The fraction of sp³-hybridized carbons (Fsp3) is 0.286. The lowest BCUT2D eigenvalue weighted by atomic mass is 10.3. The number of para-hydroxylation sites is 1. The molecule has 0 aliphatic carbocycles. The molecule has 0 aliphatic rings. The van der Waals surface area contributed by atoms with Crippen LogP contribution in [0.4, 0.5) is 0 Å². The highest BCUT2D eigenvalue weighted by Gasteiger charge is 2.00. The van der Waals surface area contributed by atoms with Gasteiger partial charge in [0.2, 0.25) is 0 Å². The van der Waals surface area contributed by atoms with E-state index in [4.69, 9.17) is 5.73 Å². The normalized spacial score (nSPS) is 11.8. The first-order valence-corrected chi connectivity index (χ1v) is 6.30. The van der Waals surface area contributed by atoms with Gasteiger partial charge in [-0.2, -0.15) is 5.10 Å². The van der Waals surface area contributed by atoms with Crippen LogP contribution in [0.15, 0.2) is 47.7 Å². The summed E-state index contributed by atoms with van der Waals surface area (Å²) in [6, 6.07) is 10.3. The summed E-state index contributed by atoms with van der Waals surface area (Å²) in [7, 11) is 0. The molecule has 0 bridgehead atoms. The van der Waals surface area contributed by atoms with E-state index >= 15 is 0 Å². The first kappa shape index (κ1) is 13.1. The van der Waals surface area contributed by atoms with Gasteiger partial charge in [0.1, 0.15) is 0 Å². The van der Waals surface area contributed by atoms with Gasteiger partial charge >= 0.3 is 0 Å². The van der Waals surface area contributed by atoms with Crippen molar-refractivity contribution in [3.8, 4) is 5.69 Å². The van der Waals surface area contributed by atoms with Crippen molar-refractivity contribution in [3.63, 3.8) is 0 Å². The number of nitrogens with zero attached hydrogens (tertiary/aromatic N) is 3. The van der Waals surface area contributed by atoms with E-state index in [0.29, 0.717) is 12.5 Å². The molecule has 19 heavy (non-hydrogen) atoms. The van der Waals surface area contributed by atoms with Crippen molar-refractivity contribution in [2.24, 2.45) is 10.7 Å². The van der Waals surface area contributed by atoms with Gasteiger partial charge in [0.05, 0.1) is 18.4 Å². The van der Waals surface area contributed by atoms with Crippen LogP contribution in [0.3, 0.4) is 0 Å². The van der Waals surface area contributed by atoms with Crippen LogP contribution in [-0.4, -0.2) is 21.8 Å². The Morgan fingerprint density at radius 2 is 2.11 bits per heavy atom. The van der Waals surface area contributed by atoms with Gasteiger partial charge in [-0.25, -0.2) is 9.67 Å². The molecule has 5 nitrogen and oxygen atoms in total. The number of nitrogens with one attached hydrogen (secondary N) is 1. The summed E-state index contributed by atoms with van der Waals surface area (Å²) in [6.45, 7) is 4.57. The molecule has 0 saturated carbocycles. The van der Waals surface area contributed by atoms with E-state index in [1.807, 2.05) is 55.1 Å². The molecule has 0 saturated heterocycles. The smallest absolute Gasteiger partial charge is 0.189 e. The van der Waals surface area contributed by atoms with E-state index in [1.54, 1.807) is 6.20 Å². The molecule has 0 amide bonds. The molecule has 0 spiro atoms. The predicted octanol–water partition coefficient (Wildman–Crippen LogP) is 1.68. The molecule has 0 aliphatic heterocycles. The van der Waals surface area contributed by atoms with Crippen LogP contribution in [0.1, 0.15) is 19.4 Å². The van der Waals surface area contributed by atoms with E-state index in [0.717, 1.165) is 11.3 Å². The zero-order valence-electron chi connectivity index (χ0n) is 11.2. The van der Waals surface area contributed by atoms with Crippen molar-refractivity contribution in [2.45, 2.75) is 26.4 Å². The van der Waals surface area contributed by atoms with Crippen LogP contribution in [0, 0.1) is 0 Å². The number of guanidine groups is 1.